The van der Waals surface area contributed by atoms with E-state index in [1.54, 1.807) is 0 Å². The molecule has 0 heterocycles. The summed E-state index contributed by atoms with van der Waals surface area (Å²) in [6.45, 7) is 2.82. The van der Waals surface area contributed by atoms with Crippen molar-refractivity contribution in [3.05, 3.63) is 23.8 Å². The summed E-state index contributed by atoms with van der Waals surface area (Å²) in [5.74, 6) is -1.32. The number of nitrogens with one attached hydrogen (secondary N) is 1. The molecule has 0 atom stereocenters. The summed E-state index contributed by atoms with van der Waals surface area (Å²) < 4.78 is 26.0. The Hall–Kier alpha value is -1.32. The Bertz CT molecular complexity index is 340. The van der Waals surface area contributed by atoms with Gasteiger partial charge < -0.3 is 11.1 Å². The predicted molar refractivity (Wildman–Crippen MR) is 63.4 cm³/mol. The van der Waals surface area contributed by atoms with Crippen LogP contribution in [-0.4, -0.2) is 6.54 Å². The van der Waals surface area contributed by atoms with E-state index in [1.165, 1.54) is 12.5 Å². The summed E-state index contributed by atoms with van der Waals surface area (Å²) >= 11 is 0. The molecule has 16 heavy (non-hydrogen) atoms. The number of hydrogen-bond acceptors (Lipinski definition) is 2. The minimum Gasteiger partial charge on any atom is -0.395 e. The van der Waals surface area contributed by atoms with E-state index in [9.17, 15) is 8.78 Å². The summed E-state index contributed by atoms with van der Waals surface area (Å²) in [6, 6.07) is 2.01. The van der Waals surface area contributed by atoms with Crippen molar-refractivity contribution in [2.45, 2.75) is 32.6 Å². The van der Waals surface area contributed by atoms with Crippen LogP contribution in [0.4, 0.5) is 20.2 Å². The lowest BCUT2D eigenvalue weighted by Crippen LogP contribution is -2.06. The van der Waals surface area contributed by atoms with Gasteiger partial charge in [0.15, 0.2) is 5.82 Å². The van der Waals surface area contributed by atoms with E-state index in [1.807, 2.05) is 0 Å². The van der Waals surface area contributed by atoms with Crippen molar-refractivity contribution in [3.63, 3.8) is 0 Å². The Morgan fingerprint density at radius 1 is 1.19 bits per heavy atom. The molecule has 4 heteroatoms. The lowest BCUT2D eigenvalue weighted by molar-refractivity contribution is 0.586. The Balaban J connectivity index is 2.47. The molecule has 0 fully saturated rings. The van der Waals surface area contributed by atoms with E-state index in [2.05, 4.69) is 12.2 Å². The molecule has 0 radical (unpaired) electrons. The zero-order valence-corrected chi connectivity index (χ0v) is 9.52. The van der Waals surface area contributed by atoms with E-state index in [0.29, 0.717) is 12.2 Å². The Morgan fingerprint density at radius 3 is 2.62 bits per heavy atom. The summed E-state index contributed by atoms with van der Waals surface area (Å²) in [5, 5.41) is 2.95. The van der Waals surface area contributed by atoms with Gasteiger partial charge in [-0.2, -0.15) is 0 Å². The second-order valence-corrected chi connectivity index (χ2v) is 3.84. The van der Waals surface area contributed by atoms with Crippen molar-refractivity contribution >= 4 is 11.4 Å². The average Bonchev–Trinajstić information content (AvgIpc) is 2.24. The monoisotopic (exact) mass is 228 g/mol. The van der Waals surface area contributed by atoms with Gasteiger partial charge in [0, 0.05) is 12.6 Å². The lowest BCUT2D eigenvalue weighted by Gasteiger charge is -2.09. The van der Waals surface area contributed by atoms with Crippen LogP contribution >= 0.6 is 0 Å². The molecule has 0 aliphatic carbocycles. The fraction of sp³-hybridized carbons (Fsp3) is 0.500. The highest BCUT2D eigenvalue weighted by molar-refractivity contribution is 5.66. The van der Waals surface area contributed by atoms with E-state index < -0.39 is 11.6 Å². The molecule has 2 nitrogen and oxygen atoms in total. The van der Waals surface area contributed by atoms with E-state index in [-0.39, 0.29) is 5.69 Å². The fourth-order valence-electron chi connectivity index (χ4n) is 1.51. The first-order valence-electron chi connectivity index (χ1n) is 5.63. The quantitative estimate of drug-likeness (QED) is 0.577. The summed E-state index contributed by atoms with van der Waals surface area (Å²) in [6.07, 6.45) is 4.43. The van der Waals surface area contributed by atoms with Crippen molar-refractivity contribution in [2.24, 2.45) is 0 Å². The third-order valence-electron chi connectivity index (χ3n) is 2.44. The number of nitrogen functional groups attached to an aromatic ring is 1. The molecule has 3 N–H and O–H groups in total. The first-order valence-corrected chi connectivity index (χ1v) is 5.63. The van der Waals surface area contributed by atoms with Crippen LogP contribution in [-0.2, 0) is 0 Å². The second kappa shape index (κ2) is 6.30. The van der Waals surface area contributed by atoms with Gasteiger partial charge in [0.05, 0.1) is 11.4 Å². The highest BCUT2D eigenvalue weighted by Crippen LogP contribution is 2.23. The molecule has 0 aromatic heterocycles. The zero-order chi connectivity index (χ0) is 12.0. The molecule has 1 aromatic rings. The van der Waals surface area contributed by atoms with E-state index in [0.717, 1.165) is 25.3 Å². The van der Waals surface area contributed by atoms with Gasteiger partial charge in [-0.25, -0.2) is 8.78 Å². The minimum atomic E-state index is -0.712. The third kappa shape index (κ3) is 3.68. The molecular formula is C12H18F2N2. The van der Waals surface area contributed by atoms with Crippen LogP contribution in [0, 0.1) is 11.6 Å². The highest BCUT2D eigenvalue weighted by Gasteiger charge is 2.07. The van der Waals surface area contributed by atoms with Crippen molar-refractivity contribution in [1.82, 2.24) is 0 Å². The Morgan fingerprint density at radius 2 is 1.94 bits per heavy atom. The number of nitrogens with two attached hydrogens (primary N) is 1. The molecule has 0 bridgehead atoms. The van der Waals surface area contributed by atoms with Gasteiger partial charge in [0.25, 0.3) is 0 Å². The van der Waals surface area contributed by atoms with Crippen LogP contribution < -0.4 is 11.1 Å². The van der Waals surface area contributed by atoms with Gasteiger partial charge in [-0.15, -0.1) is 0 Å². The molecule has 0 saturated heterocycles. The summed E-state index contributed by atoms with van der Waals surface area (Å²) in [5.41, 5.74) is 5.81. The van der Waals surface area contributed by atoms with Gasteiger partial charge in [0.1, 0.15) is 5.82 Å². The van der Waals surface area contributed by atoms with Crippen LogP contribution in [0.25, 0.3) is 0 Å². The first kappa shape index (κ1) is 12.7. The number of anilines is 2. The van der Waals surface area contributed by atoms with Crippen molar-refractivity contribution < 1.29 is 8.78 Å². The van der Waals surface area contributed by atoms with Crippen LogP contribution in [0.2, 0.25) is 0 Å². The maximum absolute atomic E-state index is 13.1. The van der Waals surface area contributed by atoms with Crippen molar-refractivity contribution in [3.8, 4) is 0 Å². The largest absolute Gasteiger partial charge is 0.395 e. The first-order chi connectivity index (χ1) is 7.65. The van der Waals surface area contributed by atoms with E-state index in [4.69, 9.17) is 5.73 Å². The standard InChI is InChI=1S/C12H18F2N2/c1-2-3-4-5-6-16-11-8-9(13)7-10(14)12(11)15/h7-8,16H,2-6,15H2,1H3. The number of benzene rings is 1. The van der Waals surface area contributed by atoms with Gasteiger partial charge in [0.2, 0.25) is 0 Å². The smallest absolute Gasteiger partial charge is 0.151 e. The molecule has 90 valence electrons. The second-order valence-electron chi connectivity index (χ2n) is 3.84. The molecular weight excluding hydrogens is 210 g/mol. The number of hydrogen-bond donors (Lipinski definition) is 2. The van der Waals surface area contributed by atoms with Crippen LogP contribution in [0.1, 0.15) is 32.6 Å². The predicted octanol–water partition coefficient (Wildman–Crippen LogP) is 3.54. The summed E-state index contributed by atoms with van der Waals surface area (Å²) in [7, 11) is 0. The topological polar surface area (TPSA) is 38.0 Å². The van der Waals surface area contributed by atoms with Gasteiger partial charge >= 0.3 is 0 Å². The summed E-state index contributed by atoms with van der Waals surface area (Å²) in [4.78, 5) is 0. The maximum Gasteiger partial charge on any atom is 0.151 e. The molecule has 1 aromatic carbocycles. The molecule has 1 rings (SSSR count). The minimum absolute atomic E-state index is 0.0168. The third-order valence-corrected chi connectivity index (χ3v) is 2.44. The van der Waals surface area contributed by atoms with Crippen LogP contribution in [0.5, 0.6) is 0 Å². The highest BCUT2D eigenvalue weighted by atomic mass is 19.1. The Labute approximate surface area is 94.8 Å². The van der Waals surface area contributed by atoms with Crippen LogP contribution in [0.3, 0.4) is 0 Å². The SMILES string of the molecule is CCCCCCNc1cc(F)cc(F)c1N. The van der Waals surface area contributed by atoms with Gasteiger partial charge in [-0.1, -0.05) is 26.2 Å². The average molecular weight is 228 g/mol. The number of halogens is 2. The zero-order valence-electron chi connectivity index (χ0n) is 9.52. The van der Waals surface area contributed by atoms with E-state index >= 15 is 0 Å². The number of rotatable bonds is 6. The van der Waals surface area contributed by atoms with Crippen molar-refractivity contribution in [2.75, 3.05) is 17.6 Å². The number of unbranched alkanes of at least 4 members (excludes halogenated alkanes) is 3. The molecule has 0 aliphatic rings. The van der Waals surface area contributed by atoms with Crippen molar-refractivity contribution in [1.29, 1.82) is 0 Å². The lowest BCUT2D eigenvalue weighted by atomic mass is 10.2. The molecule has 0 spiro atoms. The Kier molecular flexibility index (Phi) is 5.02. The molecule has 0 aliphatic heterocycles. The normalized spacial score (nSPS) is 10.4. The fourth-order valence-corrected chi connectivity index (χ4v) is 1.51. The van der Waals surface area contributed by atoms with Gasteiger partial charge in [-0.05, 0) is 12.5 Å². The van der Waals surface area contributed by atoms with Crippen LogP contribution in [0.15, 0.2) is 12.1 Å². The van der Waals surface area contributed by atoms with Gasteiger partial charge in [-0.3, -0.25) is 0 Å². The molecule has 0 unspecified atom stereocenters. The molecule has 0 saturated carbocycles. The maximum atomic E-state index is 13.1. The molecule has 0 amide bonds.